The van der Waals surface area contributed by atoms with Gasteiger partial charge in [0, 0.05) is 42.5 Å². The maximum Gasteiger partial charge on any atom is 0.255 e. The molecule has 1 saturated heterocycles. The van der Waals surface area contributed by atoms with Crippen LogP contribution in [0.15, 0.2) is 66.1 Å². The Morgan fingerprint density at radius 3 is 2.44 bits per heavy atom. The summed E-state index contributed by atoms with van der Waals surface area (Å²) < 4.78 is 13.1. The average molecular weight is 356 g/mol. The van der Waals surface area contributed by atoms with Gasteiger partial charge < -0.3 is 9.80 Å². The standard InChI is InChI=1S/C20H21FN2OS/c1-2-15-25-19-6-4-3-5-18(19)20(24)23-13-11-22(12-14-23)17-9-7-16(21)8-10-17/h2-10H,1,11-15H2. The number of nitrogens with zero attached hydrogens (tertiary/aromatic N) is 2. The molecule has 1 aliphatic rings. The van der Waals surface area contributed by atoms with Gasteiger partial charge in [0.05, 0.1) is 5.56 Å². The molecule has 1 amide bonds. The summed E-state index contributed by atoms with van der Waals surface area (Å²) in [5.74, 6) is 0.625. The van der Waals surface area contributed by atoms with Gasteiger partial charge in [-0.25, -0.2) is 4.39 Å². The quantitative estimate of drug-likeness (QED) is 0.596. The van der Waals surface area contributed by atoms with E-state index in [0.29, 0.717) is 13.1 Å². The highest BCUT2D eigenvalue weighted by atomic mass is 32.2. The summed E-state index contributed by atoms with van der Waals surface area (Å²) in [7, 11) is 0. The molecule has 0 saturated carbocycles. The molecule has 0 aliphatic carbocycles. The molecule has 3 rings (SSSR count). The van der Waals surface area contributed by atoms with Crippen molar-refractivity contribution < 1.29 is 9.18 Å². The second kappa shape index (κ2) is 8.21. The fourth-order valence-corrected chi connectivity index (χ4v) is 3.69. The van der Waals surface area contributed by atoms with E-state index in [-0.39, 0.29) is 11.7 Å². The molecule has 0 spiro atoms. The summed E-state index contributed by atoms with van der Waals surface area (Å²) in [6, 6.07) is 14.2. The van der Waals surface area contributed by atoms with E-state index in [4.69, 9.17) is 0 Å². The van der Waals surface area contributed by atoms with E-state index < -0.39 is 0 Å². The Hall–Kier alpha value is -2.27. The Kier molecular flexibility index (Phi) is 5.76. The van der Waals surface area contributed by atoms with Gasteiger partial charge in [-0.05, 0) is 36.4 Å². The van der Waals surface area contributed by atoms with Crippen LogP contribution >= 0.6 is 11.8 Å². The summed E-state index contributed by atoms with van der Waals surface area (Å²) in [4.78, 5) is 18.0. The van der Waals surface area contributed by atoms with Crippen LogP contribution in [0.5, 0.6) is 0 Å². The van der Waals surface area contributed by atoms with Gasteiger partial charge in [0.1, 0.15) is 5.82 Å². The number of carbonyl (C=O) groups excluding carboxylic acids is 1. The third kappa shape index (κ3) is 4.23. The van der Waals surface area contributed by atoms with E-state index in [0.717, 1.165) is 35.0 Å². The minimum Gasteiger partial charge on any atom is -0.368 e. The van der Waals surface area contributed by atoms with Crippen LogP contribution in [0.3, 0.4) is 0 Å². The average Bonchev–Trinajstić information content (AvgIpc) is 2.67. The Morgan fingerprint density at radius 2 is 1.76 bits per heavy atom. The number of piperazine rings is 1. The maximum atomic E-state index is 13.1. The van der Waals surface area contributed by atoms with Crippen molar-refractivity contribution in [3.05, 3.63) is 72.6 Å². The lowest BCUT2D eigenvalue weighted by Gasteiger charge is -2.36. The molecule has 130 valence electrons. The summed E-state index contributed by atoms with van der Waals surface area (Å²) in [6.07, 6.45) is 1.84. The molecule has 3 nitrogen and oxygen atoms in total. The molecule has 0 atom stereocenters. The number of rotatable bonds is 5. The van der Waals surface area contributed by atoms with Crippen molar-refractivity contribution >= 4 is 23.4 Å². The third-order valence-electron chi connectivity index (χ3n) is 4.23. The van der Waals surface area contributed by atoms with E-state index in [1.165, 1.54) is 12.1 Å². The number of amides is 1. The number of thioether (sulfide) groups is 1. The second-order valence-corrected chi connectivity index (χ2v) is 6.91. The highest BCUT2D eigenvalue weighted by molar-refractivity contribution is 7.99. The third-order valence-corrected chi connectivity index (χ3v) is 5.30. The molecule has 0 N–H and O–H groups in total. The van der Waals surface area contributed by atoms with E-state index in [2.05, 4.69) is 11.5 Å². The van der Waals surface area contributed by atoms with Gasteiger partial charge in [-0.1, -0.05) is 18.2 Å². The molecule has 1 heterocycles. The van der Waals surface area contributed by atoms with Gasteiger partial charge in [-0.3, -0.25) is 4.79 Å². The largest absolute Gasteiger partial charge is 0.368 e. The second-order valence-electron chi connectivity index (χ2n) is 5.85. The first-order valence-corrected chi connectivity index (χ1v) is 9.30. The molecule has 0 aromatic heterocycles. The molecule has 1 aliphatic heterocycles. The van der Waals surface area contributed by atoms with Gasteiger partial charge in [0.25, 0.3) is 5.91 Å². The summed E-state index contributed by atoms with van der Waals surface area (Å²) >= 11 is 1.63. The number of carbonyl (C=O) groups is 1. The summed E-state index contributed by atoms with van der Waals surface area (Å²) in [6.45, 7) is 6.56. The fourth-order valence-electron chi connectivity index (χ4n) is 2.91. The van der Waals surface area contributed by atoms with Gasteiger partial charge in [-0.15, -0.1) is 18.3 Å². The molecule has 1 fully saturated rings. The summed E-state index contributed by atoms with van der Waals surface area (Å²) in [5, 5.41) is 0. The molecule has 0 unspecified atom stereocenters. The zero-order chi connectivity index (χ0) is 17.6. The number of hydrogen-bond donors (Lipinski definition) is 0. The zero-order valence-corrected chi connectivity index (χ0v) is 14.8. The van der Waals surface area contributed by atoms with Crippen molar-refractivity contribution in [2.45, 2.75) is 4.90 Å². The van der Waals surface area contributed by atoms with Crippen LogP contribution in [0.4, 0.5) is 10.1 Å². The van der Waals surface area contributed by atoms with Crippen molar-refractivity contribution in [2.75, 3.05) is 36.8 Å². The van der Waals surface area contributed by atoms with Crippen LogP contribution in [0.2, 0.25) is 0 Å². The maximum absolute atomic E-state index is 13.1. The van der Waals surface area contributed by atoms with E-state index in [9.17, 15) is 9.18 Å². The van der Waals surface area contributed by atoms with Crippen molar-refractivity contribution in [3.63, 3.8) is 0 Å². The van der Waals surface area contributed by atoms with Crippen LogP contribution in [0.25, 0.3) is 0 Å². The highest BCUT2D eigenvalue weighted by Crippen LogP contribution is 2.25. The zero-order valence-electron chi connectivity index (χ0n) is 14.0. The van der Waals surface area contributed by atoms with Crippen molar-refractivity contribution in [1.82, 2.24) is 4.90 Å². The number of anilines is 1. The molecular weight excluding hydrogens is 335 g/mol. The van der Waals surface area contributed by atoms with Crippen LogP contribution in [0.1, 0.15) is 10.4 Å². The number of halogens is 1. The van der Waals surface area contributed by atoms with E-state index in [1.54, 1.807) is 23.9 Å². The topological polar surface area (TPSA) is 23.6 Å². The normalized spacial score (nSPS) is 14.4. The molecule has 0 bridgehead atoms. The highest BCUT2D eigenvalue weighted by Gasteiger charge is 2.23. The number of benzene rings is 2. The Labute approximate surface area is 152 Å². The monoisotopic (exact) mass is 356 g/mol. The van der Waals surface area contributed by atoms with Gasteiger partial charge >= 0.3 is 0 Å². The Bertz CT molecular complexity index is 740. The summed E-state index contributed by atoms with van der Waals surface area (Å²) in [5.41, 5.74) is 1.75. The first kappa shape index (κ1) is 17.5. The van der Waals surface area contributed by atoms with Crippen LogP contribution < -0.4 is 4.90 Å². The van der Waals surface area contributed by atoms with Crippen molar-refractivity contribution in [3.8, 4) is 0 Å². The van der Waals surface area contributed by atoms with Crippen LogP contribution in [-0.4, -0.2) is 42.7 Å². The lowest BCUT2D eigenvalue weighted by Crippen LogP contribution is -2.48. The predicted molar refractivity (Wildman–Crippen MR) is 102 cm³/mol. The lowest BCUT2D eigenvalue weighted by molar-refractivity contribution is 0.0743. The molecule has 2 aromatic carbocycles. The van der Waals surface area contributed by atoms with Gasteiger partial charge in [-0.2, -0.15) is 0 Å². The van der Waals surface area contributed by atoms with Crippen LogP contribution in [-0.2, 0) is 0 Å². The minimum atomic E-state index is -0.230. The van der Waals surface area contributed by atoms with Gasteiger partial charge in [0.2, 0.25) is 0 Å². The Balaban J connectivity index is 1.65. The van der Waals surface area contributed by atoms with Gasteiger partial charge in [0.15, 0.2) is 0 Å². The fraction of sp³-hybridized carbons (Fsp3) is 0.250. The van der Waals surface area contributed by atoms with Crippen molar-refractivity contribution in [1.29, 1.82) is 0 Å². The molecular formula is C20H21FN2OS. The predicted octanol–water partition coefficient (Wildman–Crippen LogP) is 4.07. The molecule has 2 aromatic rings. The lowest BCUT2D eigenvalue weighted by atomic mass is 10.1. The van der Waals surface area contributed by atoms with E-state index >= 15 is 0 Å². The first-order chi connectivity index (χ1) is 12.2. The number of hydrogen-bond acceptors (Lipinski definition) is 3. The minimum absolute atomic E-state index is 0.0749. The van der Waals surface area contributed by atoms with Crippen LogP contribution in [0, 0.1) is 5.82 Å². The van der Waals surface area contributed by atoms with Crippen molar-refractivity contribution in [2.24, 2.45) is 0 Å². The van der Waals surface area contributed by atoms with E-state index in [1.807, 2.05) is 35.2 Å². The SMILES string of the molecule is C=CCSc1ccccc1C(=O)N1CCN(c2ccc(F)cc2)CC1. The Morgan fingerprint density at radius 1 is 1.08 bits per heavy atom. The first-order valence-electron chi connectivity index (χ1n) is 8.31. The molecule has 25 heavy (non-hydrogen) atoms. The molecule has 5 heteroatoms. The smallest absolute Gasteiger partial charge is 0.255 e. The molecule has 0 radical (unpaired) electrons.